The van der Waals surface area contributed by atoms with Gasteiger partial charge in [-0.1, -0.05) is 249 Å². The molecule has 0 N–H and O–H groups in total. The monoisotopic (exact) mass is 788 g/mol. The van der Waals surface area contributed by atoms with Crippen LogP contribution in [0.4, 0.5) is 0 Å². The van der Waals surface area contributed by atoms with Gasteiger partial charge < -0.3 is 0 Å². The molecule has 0 fully saturated rings. The van der Waals surface area contributed by atoms with E-state index in [0.717, 1.165) is 0 Å². The predicted octanol–water partition coefficient (Wildman–Crippen LogP) is 16.1. The van der Waals surface area contributed by atoms with Crippen molar-refractivity contribution in [3.05, 3.63) is 294 Å². The summed E-state index contributed by atoms with van der Waals surface area (Å²) in [5.41, 5.74) is 15.3. The van der Waals surface area contributed by atoms with E-state index in [0.29, 0.717) is 0 Å². The second kappa shape index (κ2) is 16.0. The van der Waals surface area contributed by atoms with E-state index >= 15 is 0 Å². The van der Waals surface area contributed by atoms with Crippen LogP contribution in [0.5, 0.6) is 0 Å². The lowest BCUT2D eigenvalue weighted by atomic mass is 9.53. The van der Waals surface area contributed by atoms with Crippen molar-refractivity contribution >= 4 is 38.3 Å². The smallest absolute Gasteiger partial charge is 0.0566 e. The standard InChI is InChI=1S/C62H44/c1-5-19-49(20-6-1)59-43-58(48-33-29-46(30-34-48)54-35-31-44-17-13-15-25-52(44)41-54)60(50-21-7-2-8-22-50)61(51-23-9-3-10-24-51)62(59,56-27-11-4-12-28-56)57-39-37-47(38-40-57)55-36-32-45-18-14-16-26-53(45)42-55/h1-43,59H. The first-order chi connectivity index (χ1) is 30.7. The van der Waals surface area contributed by atoms with Crippen molar-refractivity contribution < 1.29 is 0 Å². The maximum atomic E-state index is 2.58. The van der Waals surface area contributed by atoms with Crippen molar-refractivity contribution in [1.82, 2.24) is 0 Å². The van der Waals surface area contributed by atoms with Crippen molar-refractivity contribution in [2.24, 2.45) is 0 Å². The second-order valence-corrected chi connectivity index (χ2v) is 16.4. The van der Waals surface area contributed by atoms with Gasteiger partial charge in [-0.25, -0.2) is 0 Å². The van der Waals surface area contributed by atoms with E-state index in [4.69, 9.17) is 0 Å². The summed E-state index contributed by atoms with van der Waals surface area (Å²) in [6.45, 7) is 0. The van der Waals surface area contributed by atoms with Crippen LogP contribution in [0.15, 0.2) is 261 Å². The molecule has 10 aromatic rings. The highest BCUT2D eigenvalue weighted by molar-refractivity contribution is 6.19. The minimum Gasteiger partial charge on any atom is -0.0669 e. The Morgan fingerprint density at radius 2 is 0.677 bits per heavy atom. The molecule has 2 atom stereocenters. The van der Waals surface area contributed by atoms with E-state index in [1.807, 2.05) is 0 Å². The summed E-state index contributed by atoms with van der Waals surface area (Å²) in [6.07, 6.45) is 2.58. The van der Waals surface area contributed by atoms with Gasteiger partial charge in [-0.2, -0.15) is 0 Å². The third kappa shape index (κ3) is 6.58. The van der Waals surface area contributed by atoms with E-state index < -0.39 is 5.41 Å². The molecule has 2 unspecified atom stereocenters. The number of benzene rings is 10. The van der Waals surface area contributed by atoms with Gasteiger partial charge in [-0.05, 0) is 106 Å². The van der Waals surface area contributed by atoms with Gasteiger partial charge in [0.05, 0.1) is 5.41 Å². The maximum absolute atomic E-state index is 2.58. The van der Waals surface area contributed by atoms with Crippen molar-refractivity contribution in [2.75, 3.05) is 0 Å². The summed E-state index contributed by atoms with van der Waals surface area (Å²) < 4.78 is 0. The Morgan fingerprint density at radius 3 is 1.23 bits per heavy atom. The minimum atomic E-state index is -0.633. The highest BCUT2D eigenvalue weighted by atomic mass is 14.5. The van der Waals surface area contributed by atoms with Gasteiger partial charge in [0.25, 0.3) is 0 Å². The molecular weight excluding hydrogens is 745 g/mol. The van der Waals surface area contributed by atoms with E-state index in [1.54, 1.807) is 0 Å². The third-order valence-corrected chi connectivity index (χ3v) is 12.9. The van der Waals surface area contributed by atoms with Gasteiger partial charge >= 0.3 is 0 Å². The first-order valence-corrected chi connectivity index (χ1v) is 21.6. The topological polar surface area (TPSA) is 0 Å². The molecule has 0 nitrogen and oxygen atoms in total. The van der Waals surface area contributed by atoms with Crippen LogP contribution in [0.25, 0.3) is 60.5 Å². The predicted molar refractivity (Wildman–Crippen MR) is 263 cm³/mol. The second-order valence-electron chi connectivity index (χ2n) is 16.4. The lowest BCUT2D eigenvalue weighted by molar-refractivity contribution is 0.587. The number of hydrogen-bond acceptors (Lipinski definition) is 0. The molecule has 0 saturated heterocycles. The van der Waals surface area contributed by atoms with E-state index in [2.05, 4.69) is 261 Å². The SMILES string of the molecule is C1=C(c2ccc(-c3ccc4ccccc4c3)cc2)C(c2ccccc2)=C(c2ccccc2)C(c2ccccc2)(c2ccc(-c3ccc4ccccc4c3)cc2)C1c1ccccc1. The van der Waals surface area contributed by atoms with E-state index in [-0.39, 0.29) is 5.92 Å². The van der Waals surface area contributed by atoms with Crippen LogP contribution >= 0.6 is 0 Å². The molecule has 1 aliphatic rings. The van der Waals surface area contributed by atoms with Gasteiger partial charge in [0.1, 0.15) is 0 Å². The molecule has 292 valence electrons. The Morgan fingerprint density at radius 1 is 0.274 bits per heavy atom. The molecule has 0 saturated carbocycles. The molecule has 0 spiro atoms. The summed E-state index contributed by atoms with van der Waals surface area (Å²) in [5, 5.41) is 5.00. The van der Waals surface area contributed by atoms with Crippen LogP contribution in [0.3, 0.4) is 0 Å². The highest BCUT2D eigenvalue weighted by Gasteiger charge is 2.50. The van der Waals surface area contributed by atoms with Crippen LogP contribution in [-0.4, -0.2) is 0 Å². The average Bonchev–Trinajstić information content (AvgIpc) is 3.36. The minimum absolute atomic E-state index is 0.0737. The van der Waals surface area contributed by atoms with Crippen molar-refractivity contribution in [3.63, 3.8) is 0 Å². The summed E-state index contributed by atoms with van der Waals surface area (Å²) in [5.74, 6) is -0.0737. The summed E-state index contributed by atoms with van der Waals surface area (Å²) in [7, 11) is 0. The van der Waals surface area contributed by atoms with Crippen molar-refractivity contribution in [1.29, 1.82) is 0 Å². The van der Waals surface area contributed by atoms with Crippen LogP contribution in [0, 0.1) is 0 Å². The van der Waals surface area contributed by atoms with Crippen molar-refractivity contribution in [3.8, 4) is 22.3 Å². The zero-order valence-electron chi connectivity index (χ0n) is 34.4. The molecule has 0 radical (unpaired) electrons. The summed E-state index contributed by atoms with van der Waals surface area (Å²) >= 11 is 0. The van der Waals surface area contributed by atoms with Gasteiger partial charge in [-0.15, -0.1) is 0 Å². The molecule has 10 aromatic carbocycles. The van der Waals surface area contributed by atoms with Gasteiger partial charge in [-0.3, -0.25) is 0 Å². The largest absolute Gasteiger partial charge is 0.0669 e. The fourth-order valence-corrected chi connectivity index (χ4v) is 10.0. The molecule has 0 amide bonds. The van der Waals surface area contributed by atoms with Crippen LogP contribution in [0.1, 0.15) is 39.3 Å². The zero-order chi connectivity index (χ0) is 41.3. The average molecular weight is 789 g/mol. The normalized spacial score (nSPS) is 16.3. The lowest BCUT2D eigenvalue weighted by Crippen LogP contribution is -2.38. The Bertz CT molecular complexity index is 3230. The van der Waals surface area contributed by atoms with Gasteiger partial charge in [0.2, 0.25) is 0 Å². The number of fused-ring (bicyclic) bond motifs is 2. The first kappa shape index (κ1) is 37.2. The number of hydrogen-bond donors (Lipinski definition) is 0. The Kier molecular flexibility index (Phi) is 9.60. The number of rotatable bonds is 8. The molecule has 0 bridgehead atoms. The highest BCUT2D eigenvalue weighted by Crippen LogP contribution is 2.61. The molecule has 0 aliphatic heterocycles. The third-order valence-electron chi connectivity index (χ3n) is 12.9. The Labute approximate surface area is 364 Å². The molecule has 1 aliphatic carbocycles. The van der Waals surface area contributed by atoms with Crippen molar-refractivity contribution in [2.45, 2.75) is 11.3 Å². The Balaban J connectivity index is 1.19. The molecule has 62 heavy (non-hydrogen) atoms. The summed E-state index contributed by atoms with van der Waals surface area (Å²) in [6, 6.07) is 94.1. The van der Waals surface area contributed by atoms with Crippen LogP contribution in [-0.2, 0) is 5.41 Å². The molecular formula is C62H44. The van der Waals surface area contributed by atoms with Crippen LogP contribution < -0.4 is 0 Å². The van der Waals surface area contributed by atoms with E-state index in [1.165, 1.54) is 93.9 Å². The van der Waals surface area contributed by atoms with Crippen LogP contribution in [0.2, 0.25) is 0 Å². The number of allylic oxidation sites excluding steroid dienone is 4. The van der Waals surface area contributed by atoms with E-state index in [9.17, 15) is 0 Å². The Hall–Kier alpha value is -7.80. The molecule has 0 heterocycles. The van der Waals surface area contributed by atoms with Gasteiger partial charge in [0, 0.05) is 5.92 Å². The molecule has 11 rings (SSSR count). The molecule has 0 heteroatoms. The lowest BCUT2D eigenvalue weighted by Gasteiger charge is -2.48. The van der Waals surface area contributed by atoms with Gasteiger partial charge in [0.15, 0.2) is 0 Å². The fourth-order valence-electron chi connectivity index (χ4n) is 10.0. The first-order valence-electron chi connectivity index (χ1n) is 21.6. The zero-order valence-corrected chi connectivity index (χ0v) is 34.4. The summed E-state index contributed by atoms with van der Waals surface area (Å²) in [4.78, 5) is 0. The molecule has 0 aromatic heterocycles. The maximum Gasteiger partial charge on any atom is 0.0566 e. The quantitative estimate of drug-likeness (QED) is 0.144. The fraction of sp³-hybridized carbons (Fsp3) is 0.0323.